The van der Waals surface area contributed by atoms with Gasteiger partial charge in [0.1, 0.15) is 0 Å². The molecule has 1 atom stereocenters. The third-order valence-corrected chi connectivity index (χ3v) is 6.09. The highest BCUT2D eigenvalue weighted by atomic mass is 32.2. The minimum absolute atomic E-state index is 0.242. The summed E-state index contributed by atoms with van der Waals surface area (Å²) in [6.45, 7) is 2.08. The lowest BCUT2D eigenvalue weighted by molar-refractivity contribution is -0.137. The Morgan fingerprint density at radius 1 is 1.04 bits per heavy atom. The topological polar surface area (TPSA) is 47.0 Å². The molecule has 144 valence electrons. The quantitative estimate of drug-likeness (QED) is 0.712. The van der Waals surface area contributed by atoms with E-state index in [1.807, 2.05) is 0 Å². The van der Waals surface area contributed by atoms with Gasteiger partial charge in [0.15, 0.2) is 9.84 Å². The third-order valence-electron chi connectivity index (χ3n) is 4.96. The van der Waals surface area contributed by atoms with E-state index in [4.69, 9.17) is 0 Å². The van der Waals surface area contributed by atoms with Crippen LogP contribution >= 0.6 is 0 Å². The summed E-state index contributed by atoms with van der Waals surface area (Å²) in [6.07, 6.45) is 0.110. The number of rotatable bonds is 4. The summed E-state index contributed by atoms with van der Waals surface area (Å²) in [6, 6.07) is 9.12. The minimum atomic E-state index is -4.41. The van der Waals surface area contributed by atoms with Crippen molar-refractivity contribution in [3.8, 4) is 0 Å². The Kier molecular flexibility index (Phi) is 5.16. The number of benzene rings is 1. The van der Waals surface area contributed by atoms with Crippen LogP contribution in [0.4, 0.5) is 13.2 Å². The smallest absolute Gasteiger partial charge is 0.256 e. The highest BCUT2D eigenvalue weighted by Crippen LogP contribution is 2.44. The molecule has 0 fully saturated rings. The van der Waals surface area contributed by atoms with Gasteiger partial charge in [0, 0.05) is 12.5 Å². The van der Waals surface area contributed by atoms with Gasteiger partial charge in [-0.1, -0.05) is 25.5 Å². The number of hydrogen-bond donors (Lipinski definition) is 0. The molecule has 1 unspecified atom stereocenters. The van der Waals surface area contributed by atoms with E-state index in [1.54, 1.807) is 24.3 Å². The highest BCUT2D eigenvalue weighted by molar-refractivity contribution is 7.90. The van der Waals surface area contributed by atoms with E-state index in [1.165, 1.54) is 6.07 Å². The van der Waals surface area contributed by atoms with E-state index >= 15 is 0 Å². The second-order valence-corrected chi connectivity index (χ2v) is 8.88. The first kappa shape index (κ1) is 19.6. The van der Waals surface area contributed by atoms with E-state index in [2.05, 4.69) is 11.9 Å². The molecule has 0 saturated carbocycles. The first-order valence-corrected chi connectivity index (χ1v) is 10.5. The summed E-state index contributed by atoms with van der Waals surface area (Å²) < 4.78 is 61.7. The predicted molar refractivity (Wildman–Crippen MR) is 98.6 cm³/mol. The van der Waals surface area contributed by atoms with Crippen LogP contribution < -0.4 is 0 Å². The van der Waals surface area contributed by atoms with Gasteiger partial charge < -0.3 is 0 Å². The Balaban J connectivity index is 2.01. The average Bonchev–Trinajstić information content (AvgIpc) is 3.05. The van der Waals surface area contributed by atoms with E-state index in [9.17, 15) is 21.6 Å². The molecule has 1 aliphatic carbocycles. The second-order valence-electron chi connectivity index (χ2n) is 6.87. The van der Waals surface area contributed by atoms with Gasteiger partial charge >= 0.3 is 6.18 Å². The number of aromatic nitrogens is 1. The van der Waals surface area contributed by atoms with Crippen molar-refractivity contribution in [2.75, 3.05) is 6.26 Å². The van der Waals surface area contributed by atoms with Crippen molar-refractivity contribution in [2.45, 2.75) is 37.3 Å². The number of allylic oxidation sites excluding steroid dienone is 2. The Bertz CT molecular complexity index is 960. The largest absolute Gasteiger partial charge is 0.417 e. The lowest BCUT2D eigenvalue weighted by atomic mass is 9.99. The monoisotopic (exact) mass is 395 g/mol. The molecular formula is C20H20F3NO2S. The van der Waals surface area contributed by atoms with Gasteiger partial charge in [-0.15, -0.1) is 0 Å². The zero-order valence-electron chi connectivity index (χ0n) is 15.0. The minimum Gasteiger partial charge on any atom is -0.256 e. The van der Waals surface area contributed by atoms with Crippen molar-refractivity contribution >= 4 is 21.0 Å². The number of halogens is 3. The Morgan fingerprint density at radius 3 is 2.15 bits per heavy atom. The molecule has 1 aromatic heterocycles. The summed E-state index contributed by atoms with van der Waals surface area (Å²) in [7, 11) is -3.28. The van der Waals surface area contributed by atoms with Crippen LogP contribution in [0.25, 0.3) is 11.1 Å². The average molecular weight is 395 g/mol. The maximum atomic E-state index is 12.8. The lowest BCUT2D eigenvalue weighted by Gasteiger charge is -2.10. The number of nitrogens with zero attached hydrogens (tertiary/aromatic N) is 1. The van der Waals surface area contributed by atoms with Crippen LogP contribution in [0.15, 0.2) is 47.5 Å². The van der Waals surface area contributed by atoms with Gasteiger partial charge in [0.25, 0.3) is 0 Å². The van der Waals surface area contributed by atoms with Crippen molar-refractivity contribution in [1.82, 2.24) is 4.98 Å². The number of hydrogen-bond acceptors (Lipinski definition) is 3. The van der Waals surface area contributed by atoms with Crippen LogP contribution in [0.5, 0.6) is 0 Å². The summed E-state index contributed by atoms with van der Waals surface area (Å²) >= 11 is 0. The SMILES string of the molecule is CCC1CC(c2ccc(S(C)(=O)=O)cc2)=C(c2ccc(C(F)(F)F)cn2)C1. The summed E-state index contributed by atoms with van der Waals surface area (Å²) in [5, 5.41) is 0. The van der Waals surface area contributed by atoms with Crippen LogP contribution in [0.2, 0.25) is 0 Å². The Labute approximate surface area is 156 Å². The third kappa shape index (κ3) is 4.24. The summed E-state index contributed by atoms with van der Waals surface area (Å²) in [5.74, 6) is 0.397. The molecule has 1 aromatic carbocycles. The van der Waals surface area contributed by atoms with Crippen LogP contribution in [-0.4, -0.2) is 19.7 Å². The van der Waals surface area contributed by atoms with Crippen LogP contribution in [0.1, 0.15) is 43.0 Å². The van der Waals surface area contributed by atoms with E-state index in [0.29, 0.717) is 11.6 Å². The second kappa shape index (κ2) is 7.11. The van der Waals surface area contributed by atoms with Crippen molar-refractivity contribution in [2.24, 2.45) is 5.92 Å². The molecule has 0 N–H and O–H groups in total. The number of pyridine rings is 1. The zero-order chi connectivity index (χ0) is 19.8. The molecule has 27 heavy (non-hydrogen) atoms. The fourth-order valence-electron chi connectivity index (χ4n) is 3.38. The fraction of sp³-hybridized carbons (Fsp3) is 0.350. The molecule has 0 aliphatic heterocycles. The molecule has 3 rings (SSSR count). The lowest BCUT2D eigenvalue weighted by Crippen LogP contribution is -2.05. The molecule has 0 bridgehead atoms. The Hall–Kier alpha value is -2.15. The molecule has 7 heteroatoms. The van der Waals surface area contributed by atoms with Crippen LogP contribution in [0, 0.1) is 5.92 Å². The maximum Gasteiger partial charge on any atom is 0.417 e. The summed E-state index contributed by atoms with van der Waals surface area (Å²) in [4.78, 5) is 4.30. The van der Waals surface area contributed by atoms with Crippen LogP contribution in [0.3, 0.4) is 0 Å². The van der Waals surface area contributed by atoms with E-state index < -0.39 is 21.6 Å². The van der Waals surface area contributed by atoms with Gasteiger partial charge in [-0.05, 0) is 59.7 Å². The highest BCUT2D eigenvalue weighted by Gasteiger charge is 2.31. The normalized spacial score (nSPS) is 18.2. The van der Waals surface area contributed by atoms with Crippen molar-refractivity contribution in [1.29, 1.82) is 0 Å². The number of sulfone groups is 1. The van der Waals surface area contributed by atoms with Gasteiger partial charge in [-0.3, -0.25) is 4.98 Å². The zero-order valence-corrected chi connectivity index (χ0v) is 15.9. The van der Waals surface area contributed by atoms with Gasteiger partial charge in [0.2, 0.25) is 0 Å². The predicted octanol–water partition coefficient (Wildman–Crippen LogP) is 5.23. The molecule has 1 heterocycles. The number of alkyl halides is 3. The fourth-order valence-corrected chi connectivity index (χ4v) is 4.01. The molecule has 0 spiro atoms. The first-order valence-electron chi connectivity index (χ1n) is 8.65. The molecule has 2 aromatic rings. The molecule has 0 radical (unpaired) electrons. The maximum absolute atomic E-state index is 12.8. The molecule has 0 amide bonds. The van der Waals surface area contributed by atoms with E-state index in [0.717, 1.165) is 54.5 Å². The van der Waals surface area contributed by atoms with Gasteiger partial charge in [0.05, 0.1) is 16.2 Å². The van der Waals surface area contributed by atoms with E-state index in [-0.39, 0.29) is 4.90 Å². The van der Waals surface area contributed by atoms with Crippen molar-refractivity contribution < 1.29 is 21.6 Å². The molecule has 0 saturated heterocycles. The van der Waals surface area contributed by atoms with Crippen molar-refractivity contribution in [3.63, 3.8) is 0 Å². The van der Waals surface area contributed by atoms with Crippen molar-refractivity contribution in [3.05, 3.63) is 59.4 Å². The molecule has 1 aliphatic rings. The van der Waals surface area contributed by atoms with Crippen LogP contribution in [-0.2, 0) is 16.0 Å². The standard InChI is InChI=1S/C20H20F3NO2S/c1-3-13-10-17(14-4-7-16(8-5-14)27(2,25)26)18(11-13)19-9-6-15(12-24-19)20(21,22)23/h4-9,12-13H,3,10-11H2,1-2H3. The summed E-state index contributed by atoms with van der Waals surface area (Å²) in [5.41, 5.74) is 2.61. The Morgan fingerprint density at radius 2 is 1.67 bits per heavy atom. The van der Waals surface area contributed by atoms with Gasteiger partial charge in [-0.2, -0.15) is 13.2 Å². The molecule has 3 nitrogen and oxygen atoms in total. The molecular weight excluding hydrogens is 375 g/mol. The first-order chi connectivity index (χ1) is 12.6. The van der Waals surface area contributed by atoms with Gasteiger partial charge in [-0.25, -0.2) is 8.42 Å².